The second kappa shape index (κ2) is 19.1. The molecule has 0 aromatic carbocycles. The van der Waals surface area contributed by atoms with Crippen molar-refractivity contribution in [2.24, 2.45) is 90.8 Å². The first-order valence-corrected chi connectivity index (χ1v) is 26.8. The van der Waals surface area contributed by atoms with E-state index in [9.17, 15) is 19.2 Å². The van der Waals surface area contributed by atoms with Gasteiger partial charge in [0.05, 0.1) is 11.4 Å². The van der Waals surface area contributed by atoms with E-state index in [1.807, 2.05) is 0 Å². The maximum absolute atomic E-state index is 13.3. The summed E-state index contributed by atoms with van der Waals surface area (Å²) >= 11 is 4.11. The number of ketones is 2. The van der Waals surface area contributed by atoms with Crippen LogP contribution >= 0.6 is 23.5 Å². The Kier molecular flexibility index (Phi) is 14.3. The van der Waals surface area contributed by atoms with E-state index in [1.54, 1.807) is 0 Å². The molecule has 4 unspecified atom stereocenters. The molecule has 0 radical (unpaired) electrons. The van der Waals surface area contributed by atoms with Crippen LogP contribution in [-0.2, 0) is 28.9 Å². The summed E-state index contributed by atoms with van der Waals surface area (Å²) in [6, 6.07) is 0. The molecule has 10 nitrogen and oxygen atoms in total. The Hall–Kier alpha value is -2.02. The molecular weight excluding hydrogens is 817 g/mol. The molecule has 0 heterocycles. The summed E-state index contributed by atoms with van der Waals surface area (Å²) in [4.78, 5) is 64.4. The van der Waals surface area contributed by atoms with Crippen molar-refractivity contribution in [1.29, 1.82) is 0 Å². The van der Waals surface area contributed by atoms with Crippen LogP contribution in [0, 0.1) is 69.0 Å². The third-order valence-electron chi connectivity index (χ3n) is 19.0. The number of fused-ring (bicyclic) bond motifs is 10. The van der Waals surface area contributed by atoms with Crippen LogP contribution < -0.4 is 11.5 Å². The first-order valence-electron chi connectivity index (χ1n) is 24.7. The molecule has 14 atom stereocenters. The van der Waals surface area contributed by atoms with Crippen molar-refractivity contribution in [2.75, 3.05) is 24.6 Å². The highest BCUT2D eigenvalue weighted by Gasteiger charge is 2.63. The van der Waals surface area contributed by atoms with Gasteiger partial charge in [-0.2, -0.15) is 23.5 Å². The van der Waals surface area contributed by atoms with Crippen LogP contribution in [0.2, 0.25) is 0 Å². The molecule has 62 heavy (non-hydrogen) atoms. The summed E-state index contributed by atoms with van der Waals surface area (Å²) in [7, 11) is 0. The molecule has 8 rings (SSSR count). The van der Waals surface area contributed by atoms with E-state index in [0.717, 1.165) is 151 Å². The number of Topliss-reactive ketones (excluding diaryl/α,β-unsaturated/α-hetero) is 2. The average molecular weight is 893 g/mol. The molecule has 8 aliphatic carbocycles. The van der Waals surface area contributed by atoms with Gasteiger partial charge in [-0.15, -0.1) is 0 Å². The Morgan fingerprint density at radius 2 is 1.03 bits per heavy atom. The Balaban J connectivity index is 0.964. The van der Waals surface area contributed by atoms with Crippen molar-refractivity contribution in [3.8, 4) is 0 Å². The number of nitrogens with two attached hydrogens (primary N) is 2. The van der Waals surface area contributed by atoms with Crippen molar-refractivity contribution < 1.29 is 28.9 Å². The SMILES string of the molecule is C[C@]12CCC(SCCCCN)CC1C(=NOC(=O)/C=C/C(=O)O/N=C1/C[C@@H]3[C@@H](CC[C@]4(C)C(=O)CC[C@@H]34)[C@@]3(C)CCC(SCCCCN)CC13)C[C@@H]1[C@H]2CC[C@]2(C)C(=O)CC[C@@H]12. The molecule has 0 aromatic rings. The summed E-state index contributed by atoms with van der Waals surface area (Å²) in [5.41, 5.74) is 13.0. The highest BCUT2D eigenvalue weighted by atomic mass is 32.2. The smallest absolute Gasteiger partial charge is 0.330 e. The third kappa shape index (κ3) is 8.71. The first kappa shape index (κ1) is 46.5. The fraction of sp³-hybridized carbons (Fsp3) is 0.840. The number of carbonyl (C=O) groups is 4. The zero-order valence-electron chi connectivity index (χ0n) is 38.2. The topological polar surface area (TPSA) is 164 Å². The number of thioether (sulfide) groups is 2. The van der Waals surface area contributed by atoms with Crippen LogP contribution in [-0.4, -0.2) is 70.0 Å². The predicted molar refractivity (Wildman–Crippen MR) is 249 cm³/mol. The van der Waals surface area contributed by atoms with Crippen molar-refractivity contribution in [3.05, 3.63) is 12.2 Å². The first-order chi connectivity index (χ1) is 29.7. The second-order valence-corrected chi connectivity index (χ2v) is 24.8. The molecule has 0 aliphatic heterocycles. The summed E-state index contributed by atoms with van der Waals surface area (Å²) in [5, 5.41) is 10.4. The highest BCUT2D eigenvalue weighted by molar-refractivity contribution is 8.00. The van der Waals surface area contributed by atoms with Gasteiger partial charge < -0.3 is 21.1 Å². The van der Waals surface area contributed by atoms with E-state index in [0.29, 0.717) is 70.4 Å². The molecule has 8 saturated carbocycles. The van der Waals surface area contributed by atoms with Crippen molar-refractivity contribution in [2.45, 2.75) is 167 Å². The highest BCUT2D eigenvalue weighted by Crippen LogP contribution is 2.67. The summed E-state index contributed by atoms with van der Waals surface area (Å²) in [5.74, 6) is 4.46. The lowest BCUT2D eigenvalue weighted by Crippen LogP contribution is -2.57. The lowest BCUT2D eigenvalue weighted by Gasteiger charge is -2.60. The number of rotatable bonds is 14. The number of hydrogen-bond donors (Lipinski definition) is 2. The molecule has 0 bridgehead atoms. The monoisotopic (exact) mass is 893 g/mol. The number of nitrogens with zero attached hydrogens (tertiary/aromatic N) is 2. The van der Waals surface area contributed by atoms with Gasteiger partial charge in [0.1, 0.15) is 11.6 Å². The van der Waals surface area contributed by atoms with Gasteiger partial charge in [0.2, 0.25) is 0 Å². The van der Waals surface area contributed by atoms with Gasteiger partial charge in [-0.05, 0) is 187 Å². The summed E-state index contributed by atoms with van der Waals surface area (Å²) < 4.78 is 0. The Morgan fingerprint density at radius 3 is 1.44 bits per heavy atom. The van der Waals surface area contributed by atoms with Crippen molar-refractivity contribution in [1.82, 2.24) is 0 Å². The normalized spacial score (nSPS) is 43.7. The minimum atomic E-state index is -0.707. The minimum Gasteiger partial charge on any atom is -0.330 e. The summed E-state index contributed by atoms with van der Waals surface area (Å²) in [6.45, 7) is 10.7. The zero-order chi connectivity index (χ0) is 43.9. The molecule has 8 aliphatic rings. The lowest BCUT2D eigenvalue weighted by atomic mass is 9.45. The van der Waals surface area contributed by atoms with Crippen molar-refractivity contribution >= 4 is 58.5 Å². The predicted octanol–water partition coefficient (Wildman–Crippen LogP) is 9.47. The van der Waals surface area contributed by atoms with Crippen LogP contribution in [0.1, 0.15) is 156 Å². The van der Waals surface area contributed by atoms with Crippen LogP contribution in [0.5, 0.6) is 0 Å². The molecule has 0 spiro atoms. The fourth-order valence-electron chi connectivity index (χ4n) is 15.5. The van der Waals surface area contributed by atoms with Gasteiger partial charge in [0.15, 0.2) is 0 Å². The van der Waals surface area contributed by atoms with Gasteiger partial charge in [0, 0.05) is 58.2 Å². The fourth-order valence-corrected chi connectivity index (χ4v) is 18.1. The van der Waals surface area contributed by atoms with Crippen LogP contribution in [0.15, 0.2) is 22.5 Å². The van der Waals surface area contributed by atoms with E-state index in [4.69, 9.17) is 21.1 Å². The second-order valence-electron chi connectivity index (χ2n) is 22.0. The van der Waals surface area contributed by atoms with E-state index in [1.165, 1.54) is 12.8 Å². The molecule has 8 fully saturated rings. The Labute approximate surface area is 379 Å². The molecule has 0 amide bonds. The number of unbranched alkanes of at least 4 members (excludes halogenated alkanes) is 2. The van der Waals surface area contributed by atoms with E-state index < -0.39 is 11.9 Å². The van der Waals surface area contributed by atoms with Gasteiger partial charge in [-0.1, -0.05) is 38.0 Å². The molecule has 0 aromatic heterocycles. The Bertz CT molecular complexity index is 1680. The van der Waals surface area contributed by atoms with Gasteiger partial charge in [-0.3, -0.25) is 9.59 Å². The van der Waals surface area contributed by atoms with E-state index >= 15 is 0 Å². The number of hydrogen-bond acceptors (Lipinski definition) is 12. The van der Waals surface area contributed by atoms with Gasteiger partial charge in [0.25, 0.3) is 0 Å². The van der Waals surface area contributed by atoms with Gasteiger partial charge >= 0.3 is 11.9 Å². The maximum Gasteiger partial charge on any atom is 0.358 e. The zero-order valence-corrected chi connectivity index (χ0v) is 39.8. The van der Waals surface area contributed by atoms with Crippen molar-refractivity contribution in [3.63, 3.8) is 0 Å². The van der Waals surface area contributed by atoms with E-state index in [2.05, 4.69) is 61.5 Å². The van der Waals surface area contributed by atoms with Gasteiger partial charge in [-0.25, -0.2) is 9.59 Å². The number of carbonyl (C=O) groups excluding carboxylic acids is 4. The minimum absolute atomic E-state index is 0.0362. The van der Waals surface area contributed by atoms with E-state index in [-0.39, 0.29) is 33.5 Å². The number of oxime groups is 2. The third-order valence-corrected chi connectivity index (χ3v) is 21.9. The molecule has 4 N–H and O–H groups in total. The van der Waals surface area contributed by atoms with Crippen LogP contribution in [0.3, 0.4) is 0 Å². The molecule has 12 heteroatoms. The Morgan fingerprint density at radius 1 is 0.613 bits per heavy atom. The average Bonchev–Trinajstić information content (AvgIpc) is 3.74. The molecule has 0 saturated heterocycles. The van der Waals surface area contributed by atoms with Crippen LogP contribution in [0.25, 0.3) is 0 Å². The van der Waals surface area contributed by atoms with Crippen LogP contribution in [0.4, 0.5) is 0 Å². The molecular formula is C50H76N4O6S2. The standard InChI is InChI=1S/C50H76N4O6S2/c1-47-19-15-31(61-25-7-5-23-51)27-39(47)41(29-33-35-9-11-43(55)49(35,3)21-17-37(33)47)53-59-45(57)13-14-46(58)60-54-42-30-34-36-10-12-44(56)50(36,4)22-18-38(34)48(2)20-16-32(28-40(42)48)62-26-8-6-24-52/h13-14,31-40H,5-12,15-30,51-52H2,1-4H3/b14-13+,53-41-,54-42?/t31?,32?,33-,34-,35-,36-,37+,38+,39?,40?,47+,48+,49-,50-/m0/s1. The molecule has 344 valence electrons. The maximum atomic E-state index is 13.3. The quantitative estimate of drug-likeness (QED) is 0.0743. The summed E-state index contributed by atoms with van der Waals surface area (Å²) in [6.07, 6.45) is 22.0. The largest absolute Gasteiger partial charge is 0.358 e. The lowest BCUT2D eigenvalue weighted by molar-refractivity contribution is -0.141.